The van der Waals surface area contributed by atoms with Gasteiger partial charge in [-0.15, -0.1) is 0 Å². The average Bonchev–Trinajstić information content (AvgIpc) is 2.66. The standard InChI is InChI=1S/C22H29F3N4O2/c1-12-3-5-14(6-4-12)17-10-26-20(31-16-7-15(30)8-16)18-11-27-21(29-19(17)18)28-13(2)9-22(23,24)25/h10-16,30H,3-9H2,1-2H3,(H,27,28,29). The van der Waals surface area contributed by atoms with E-state index in [2.05, 4.69) is 27.2 Å². The summed E-state index contributed by atoms with van der Waals surface area (Å²) in [5.74, 6) is 1.58. The van der Waals surface area contributed by atoms with Gasteiger partial charge in [0.25, 0.3) is 0 Å². The first-order valence-electron chi connectivity index (χ1n) is 11.0. The van der Waals surface area contributed by atoms with E-state index < -0.39 is 18.6 Å². The van der Waals surface area contributed by atoms with Gasteiger partial charge in [-0.1, -0.05) is 19.8 Å². The van der Waals surface area contributed by atoms with E-state index in [1.165, 1.54) is 6.92 Å². The minimum atomic E-state index is -4.26. The van der Waals surface area contributed by atoms with Crippen LogP contribution in [0.1, 0.15) is 70.3 Å². The van der Waals surface area contributed by atoms with Gasteiger partial charge in [0.05, 0.1) is 23.4 Å². The number of anilines is 1. The third-order valence-corrected chi connectivity index (χ3v) is 6.33. The second kappa shape index (κ2) is 8.76. The highest BCUT2D eigenvalue weighted by Crippen LogP contribution is 2.40. The van der Waals surface area contributed by atoms with Crippen molar-refractivity contribution in [2.45, 2.75) is 89.1 Å². The zero-order valence-corrected chi connectivity index (χ0v) is 17.8. The normalized spacial score (nSPS) is 27.5. The Hall–Kier alpha value is -2.16. The van der Waals surface area contributed by atoms with Crippen molar-refractivity contribution in [3.63, 3.8) is 0 Å². The van der Waals surface area contributed by atoms with Crippen LogP contribution in [0, 0.1) is 5.92 Å². The zero-order chi connectivity index (χ0) is 22.2. The number of nitrogens with one attached hydrogen (secondary N) is 1. The highest BCUT2D eigenvalue weighted by atomic mass is 19.4. The molecule has 4 rings (SSSR count). The molecule has 0 aliphatic heterocycles. The van der Waals surface area contributed by atoms with E-state index in [1.54, 1.807) is 12.4 Å². The molecule has 1 unspecified atom stereocenters. The summed E-state index contributed by atoms with van der Waals surface area (Å²) in [7, 11) is 0. The third kappa shape index (κ3) is 5.37. The maximum atomic E-state index is 12.7. The predicted octanol–water partition coefficient (Wildman–Crippen LogP) is 4.97. The number of alkyl halides is 3. The van der Waals surface area contributed by atoms with E-state index in [4.69, 9.17) is 4.74 Å². The molecule has 1 atom stereocenters. The molecule has 2 aliphatic carbocycles. The molecule has 0 spiro atoms. The molecule has 9 heteroatoms. The molecule has 2 N–H and O–H groups in total. The van der Waals surface area contributed by atoms with E-state index in [9.17, 15) is 18.3 Å². The van der Waals surface area contributed by atoms with E-state index in [0.717, 1.165) is 31.2 Å². The quantitative estimate of drug-likeness (QED) is 0.663. The lowest BCUT2D eigenvalue weighted by atomic mass is 9.79. The number of aliphatic hydroxyl groups excluding tert-OH is 1. The largest absolute Gasteiger partial charge is 0.474 e. The van der Waals surface area contributed by atoms with Crippen LogP contribution in [0.3, 0.4) is 0 Å². The van der Waals surface area contributed by atoms with Crippen LogP contribution in [0.15, 0.2) is 12.4 Å². The van der Waals surface area contributed by atoms with Gasteiger partial charge in [-0.2, -0.15) is 13.2 Å². The van der Waals surface area contributed by atoms with Crippen LogP contribution in [0.4, 0.5) is 19.1 Å². The molecule has 2 aromatic rings. The van der Waals surface area contributed by atoms with Gasteiger partial charge in [0.2, 0.25) is 11.8 Å². The van der Waals surface area contributed by atoms with Crippen molar-refractivity contribution in [3.05, 3.63) is 18.0 Å². The summed E-state index contributed by atoms with van der Waals surface area (Å²) in [6.07, 6.45) is 3.14. The van der Waals surface area contributed by atoms with Gasteiger partial charge >= 0.3 is 6.18 Å². The number of ether oxygens (including phenoxy) is 1. The minimum Gasteiger partial charge on any atom is -0.474 e. The van der Waals surface area contributed by atoms with Crippen LogP contribution in [-0.4, -0.2) is 44.5 Å². The molecule has 0 aromatic carbocycles. The van der Waals surface area contributed by atoms with E-state index >= 15 is 0 Å². The predicted molar refractivity (Wildman–Crippen MR) is 111 cm³/mol. The summed E-state index contributed by atoms with van der Waals surface area (Å²) < 4.78 is 44.1. The first-order chi connectivity index (χ1) is 14.7. The molecule has 2 fully saturated rings. The Bertz CT molecular complexity index is 909. The lowest BCUT2D eigenvalue weighted by molar-refractivity contribution is -0.136. The lowest BCUT2D eigenvalue weighted by Crippen LogP contribution is -2.37. The van der Waals surface area contributed by atoms with E-state index in [0.29, 0.717) is 41.5 Å². The Morgan fingerprint density at radius 3 is 2.52 bits per heavy atom. The molecule has 0 bridgehead atoms. The number of nitrogens with zero attached hydrogens (tertiary/aromatic N) is 3. The fourth-order valence-electron chi connectivity index (χ4n) is 4.46. The van der Waals surface area contributed by atoms with Crippen LogP contribution >= 0.6 is 0 Å². The molecule has 0 amide bonds. The van der Waals surface area contributed by atoms with Gasteiger partial charge in [0.1, 0.15) is 6.10 Å². The maximum Gasteiger partial charge on any atom is 0.391 e. The third-order valence-electron chi connectivity index (χ3n) is 6.33. The fourth-order valence-corrected chi connectivity index (χ4v) is 4.46. The Morgan fingerprint density at radius 2 is 1.87 bits per heavy atom. The highest BCUT2D eigenvalue weighted by molar-refractivity contribution is 5.86. The van der Waals surface area contributed by atoms with Crippen LogP contribution in [-0.2, 0) is 0 Å². The number of hydrogen-bond acceptors (Lipinski definition) is 6. The summed E-state index contributed by atoms with van der Waals surface area (Å²) in [5, 5.41) is 13.0. The van der Waals surface area contributed by atoms with Crippen LogP contribution < -0.4 is 10.1 Å². The fraction of sp³-hybridized carbons (Fsp3) is 0.682. The highest BCUT2D eigenvalue weighted by Gasteiger charge is 2.32. The molecule has 6 nitrogen and oxygen atoms in total. The van der Waals surface area contributed by atoms with Crippen LogP contribution in [0.25, 0.3) is 10.9 Å². The number of rotatable bonds is 6. The Morgan fingerprint density at radius 1 is 1.16 bits per heavy atom. The van der Waals surface area contributed by atoms with Crippen molar-refractivity contribution >= 4 is 16.9 Å². The maximum absolute atomic E-state index is 12.7. The molecule has 170 valence electrons. The van der Waals surface area contributed by atoms with Gasteiger partial charge in [-0.3, -0.25) is 0 Å². The topological polar surface area (TPSA) is 80.2 Å². The van der Waals surface area contributed by atoms with Crippen molar-refractivity contribution in [2.75, 3.05) is 5.32 Å². The van der Waals surface area contributed by atoms with Gasteiger partial charge in [0.15, 0.2) is 0 Å². The summed E-state index contributed by atoms with van der Waals surface area (Å²) >= 11 is 0. The van der Waals surface area contributed by atoms with Crippen molar-refractivity contribution in [1.29, 1.82) is 0 Å². The second-order valence-electron chi connectivity index (χ2n) is 9.16. The summed E-state index contributed by atoms with van der Waals surface area (Å²) in [6.45, 7) is 3.72. The monoisotopic (exact) mass is 438 g/mol. The zero-order valence-electron chi connectivity index (χ0n) is 17.8. The summed E-state index contributed by atoms with van der Waals surface area (Å²) in [4.78, 5) is 13.4. The number of aromatic nitrogens is 3. The number of aliphatic hydroxyl groups is 1. The lowest BCUT2D eigenvalue weighted by Gasteiger charge is -2.32. The first-order valence-corrected chi connectivity index (χ1v) is 11.0. The summed E-state index contributed by atoms with van der Waals surface area (Å²) in [6, 6.07) is -0.842. The van der Waals surface area contributed by atoms with Crippen molar-refractivity contribution in [3.8, 4) is 5.88 Å². The van der Waals surface area contributed by atoms with Crippen molar-refractivity contribution < 1.29 is 23.0 Å². The number of pyridine rings is 1. The molecular weight excluding hydrogens is 409 g/mol. The first kappa shape index (κ1) is 22.0. The minimum absolute atomic E-state index is 0.100. The van der Waals surface area contributed by atoms with Crippen LogP contribution in [0.2, 0.25) is 0 Å². The van der Waals surface area contributed by atoms with E-state index in [1.807, 2.05) is 0 Å². The molecule has 0 radical (unpaired) electrons. The SMILES string of the molecule is CC1CCC(c2cnc(OC3CC(O)C3)c3cnc(NC(C)CC(F)(F)F)nc23)CC1. The molecule has 2 aliphatic rings. The average molecular weight is 438 g/mol. The molecule has 2 aromatic heterocycles. The Labute approximate surface area is 179 Å². The van der Waals surface area contributed by atoms with Crippen molar-refractivity contribution in [1.82, 2.24) is 15.0 Å². The molecular formula is C22H29F3N4O2. The Balaban J connectivity index is 1.64. The number of halogens is 3. The molecule has 31 heavy (non-hydrogen) atoms. The van der Waals surface area contributed by atoms with Gasteiger partial charge in [0, 0.05) is 36.8 Å². The Kier molecular flexibility index (Phi) is 6.23. The smallest absolute Gasteiger partial charge is 0.391 e. The van der Waals surface area contributed by atoms with Gasteiger partial charge in [-0.05, 0) is 31.6 Å². The molecule has 0 saturated heterocycles. The van der Waals surface area contributed by atoms with Gasteiger partial charge < -0.3 is 15.2 Å². The summed E-state index contributed by atoms with van der Waals surface area (Å²) in [5.41, 5.74) is 1.68. The number of hydrogen-bond donors (Lipinski definition) is 2. The van der Waals surface area contributed by atoms with Crippen LogP contribution in [0.5, 0.6) is 5.88 Å². The van der Waals surface area contributed by atoms with Crippen molar-refractivity contribution in [2.24, 2.45) is 5.92 Å². The molecule has 2 saturated carbocycles. The number of fused-ring (bicyclic) bond motifs is 1. The van der Waals surface area contributed by atoms with Gasteiger partial charge in [-0.25, -0.2) is 15.0 Å². The van der Waals surface area contributed by atoms with E-state index in [-0.39, 0.29) is 18.2 Å². The second-order valence-corrected chi connectivity index (χ2v) is 9.16. The molecule has 2 heterocycles.